The highest BCUT2D eigenvalue weighted by atomic mass is 35.5. The molecule has 0 radical (unpaired) electrons. The topological polar surface area (TPSA) is 75.1 Å². The van der Waals surface area contributed by atoms with Crippen LogP contribution in [0.15, 0.2) is 12.4 Å². The van der Waals surface area contributed by atoms with Crippen molar-refractivity contribution in [3.63, 3.8) is 0 Å². The van der Waals surface area contributed by atoms with E-state index in [1.54, 1.807) is 0 Å². The number of halogens is 1. The highest BCUT2D eigenvalue weighted by Gasteiger charge is 2.10. The van der Waals surface area contributed by atoms with E-state index in [0.29, 0.717) is 5.02 Å². The highest BCUT2D eigenvalue weighted by molar-refractivity contribution is 6.30. The summed E-state index contributed by atoms with van der Waals surface area (Å²) >= 11 is 5.54. The zero-order valence-electron chi connectivity index (χ0n) is 6.86. The molecule has 0 bridgehead atoms. The van der Waals surface area contributed by atoms with Crippen molar-refractivity contribution in [3.05, 3.63) is 17.4 Å². The number of nitrogens with zero attached hydrogens (tertiary/aromatic N) is 2. The van der Waals surface area contributed by atoms with Crippen LogP contribution in [0.3, 0.4) is 0 Å². The monoisotopic (exact) mass is 201 g/mol. The Kier molecular flexibility index (Phi) is 3.02. The van der Waals surface area contributed by atoms with Gasteiger partial charge in [0.15, 0.2) is 0 Å². The zero-order valence-corrected chi connectivity index (χ0v) is 7.62. The summed E-state index contributed by atoms with van der Waals surface area (Å²) < 4.78 is 0. The predicted octanol–water partition coefficient (Wildman–Crippen LogP) is 1.01. The Hall–Kier alpha value is -1.36. The first-order valence-corrected chi connectivity index (χ1v) is 3.94. The van der Waals surface area contributed by atoms with Gasteiger partial charge in [0.1, 0.15) is 6.04 Å². The molecule has 0 aromatic carbocycles. The molecule has 0 fully saturated rings. The molecular formula is C7H8ClN3O2. The fraction of sp³-hybridized carbons (Fsp3) is 0.286. The normalized spacial score (nSPS) is 12.2. The van der Waals surface area contributed by atoms with Gasteiger partial charge in [0.05, 0.1) is 17.4 Å². The molecule has 6 heteroatoms. The summed E-state index contributed by atoms with van der Waals surface area (Å²) in [5.41, 5.74) is 0. The second-order valence-corrected chi connectivity index (χ2v) is 2.87. The molecule has 5 nitrogen and oxygen atoms in total. The molecule has 0 aliphatic rings. The third kappa shape index (κ3) is 2.87. The molecule has 0 aliphatic heterocycles. The summed E-state index contributed by atoms with van der Waals surface area (Å²) in [5.74, 6) is -0.710. The van der Waals surface area contributed by atoms with Gasteiger partial charge in [-0.15, -0.1) is 0 Å². The first-order valence-electron chi connectivity index (χ1n) is 3.56. The van der Waals surface area contributed by atoms with E-state index in [0.717, 1.165) is 0 Å². The second-order valence-electron chi connectivity index (χ2n) is 2.43. The average molecular weight is 202 g/mol. The van der Waals surface area contributed by atoms with E-state index >= 15 is 0 Å². The van der Waals surface area contributed by atoms with E-state index in [1.165, 1.54) is 19.3 Å². The van der Waals surface area contributed by atoms with Crippen molar-refractivity contribution < 1.29 is 9.90 Å². The number of carboxylic acid groups (broad SMARTS) is 1. The average Bonchev–Trinajstić information content (AvgIpc) is 2.08. The number of aromatic nitrogens is 2. The van der Waals surface area contributed by atoms with Gasteiger partial charge >= 0.3 is 5.97 Å². The molecule has 1 rings (SSSR count). The van der Waals surface area contributed by atoms with E-state index in [-0.39, 0.29) is 5.95 Å². The van der Waals surface area contributed by atoms with Crippen LogP contribution in [0, 0.1) is 0 Å². The van der Waals surface area contributed by atoms with Gasteiger partial charge in [-0.05, 0) is 6.92 Å². The summed E-state index contributed by atoms with van der Waals surface area (Å²) in [5, 5.41) is 11.6. The van der Waals surface area contributed by atoms with Gasteiger partial charge in [-0.2, -0.15) is 0 Å². The molecule has 70 valence electrons. The van der Waals surface area contributed by atoms with E-state index in [4.69, 9.17) is 16.7 Å². The van der Waals surface area contributed by atoms with Crippen LogP contribution in [0.25, 0.3) is 0 Å². The van der Waals surface area contributed by atoms with Gasteiger partial charge in [-0.25, -0.2) is 9.97 Å². The lowest BCUT2D eigenvalue weighted by molar-refractivity contribution is -0.137. The first kappa shape index (κ1) is 9.73. The molecule has 0 amide bonds. The lowest BCUT2D eigenvalue weighted by Gasteiger charge is -2.07. The Morgan fingerprint density at radius 3 is 2.62 bits per heavy atom. The van der Waals surface area contributed by atoms with Gasteiger partial charge in [-0.1, -0.05) is 11.6 Å². The fourth-order valence-electron chi connectivity index (χ4n) is 0.642. The van der Waals surface area contributed by atoms with Gasteiger partial charge in [0.25, 0.3) is 0 Å². The maximum Gasteiger partial charge on any atom is 0.325 e. The summed E-state index contributed by atoms with van der Waals surface area (Å²) in [6.07, 6.45) is 2.79. The van der Waals surface area contributed by atoms with Crippen LogP contribution >= 0.6 is 11.6 Å². The number of rotatable bonds is 3. The quantitative estimate of drug-likeness (QED) is 0.764. The number of anilines is 1. The molecule has 1 unspecified atom stereocenters. The Balaban J connectivity index is 2.64. The minimum absolute atomic E-state index is 0.249. The Bertz CT molecular complexity index is 301. The number of aliphatic carboxylic acids is 1. The van der Waals surface area contributed by atoms with Crippen LogP contribution in [0.5, 0.6) is 0 Å². The standard InChI is InChI=1S/C7H8ClN3O2/c1-4(6(12)13)11-7-9-2-5(8)3-10-7/h2-4H,1H3,(H,12,13)(H,9,10,11). The molecule has 1 aromatic heterocycles. The van der Waals surface area contributed by atoms with Gasteiger partial charge in [0.2, 0.25) is 5.95 Å². The van der Waals surface area contributed by atoms with Crippen molar-refractivity contribution in [1.29, 1.82) is 0 Å². The first-order chi connectivity index (χ1) is 6.09. The Morgan fingerprint density at radius 1 is 1.62 bits per heavy atom. The van der Waals surface area contributed by atoms with Gasteiger partial charge in [0, 0.05) is 0 Å². The molecule has 1 heterocycles. The molecule has 0 saturated carbocycles. The number of hydrogen-bond acceptors (Lipinski definition) is 4. The van der Waals surface area contributed by atoms with Gasteiger partial charge in [-0.3, -0.25) is 4.79 Å². The van der Waals surface area contributed by atoms with E-state index in [2.05, 4.69) is 15.3 Å². The molecular weight excluding hydrogens is 194 g/mol. The van der Waals surface area contributed by atoms with Crippen LogP contribution in [0.1, 0.15) is 6.92 Å². The molecule has 2 N–H and O–H groups in total. The van der Waals surface area contributed by atoms with Crippen molar-refractivity contribution in [2.75, 3.05) is 5.32 Å². The Morgan fingerprint density at radius 2 is 2.15 bits per heavy atom. The molecule has 0 saturated heterocycles. The molecule has 1 aromatic rings. The van der Waals surface area contributed by atoms with Crippen molar-refractivity contribution in [2.45, 2.75) is 13.0 Å². The maximum absolute atomic E-state index is 10.4. The van der Waals surface area contributed by atoms with Crippen LogP contribution in [0.2, 0.25) is 5.02 Å². The molecule has 0 spiro atoms. The lowest BCUT2D eigenvalue weighted by Crippen LogP contribution is -2.26. The van der Waals surface area contributed by atoms with Crippen LogP contribution in [-0.2, 0) is 4.79 Å². The summed E-state index contributed by atoms with van der Waals surface area (Å²) in [6.45, 7) is 1.50. The van der Waals surface area contributed by atoms with E-state index in [9.17, 15) is 4.79 Å². The highest BCUT2D eigenvalue weighted by Crippen LogP contribution is 2.06. The van der Waals surface area contributed by atoms with E-state index in [1.807, 2.05) is 0 Å². The minimum atomic E-state index is -0.960. The zero-order chi connectivity index (χ0) is 9.84. The van der Waals surface area contributed by atoms with Crippen molar-refractivity contribution in [1.82, 2.24) is 9.97 Å². The molecule has 1 atom stereocenters. The third-order valence-electron chi connectivity index (χ3n) is 1.34. The van der Waals surface area contributed by atoms with Crippen molar-refractivity contribution in [3.8, 4) is 0 Å². The smallest absolute Gasteiger partial charge is 0.325 e. The lowest BCUT2D eigenvalue weighted by atomic mass is 10.3. The summed E-state index contributed by atoms with van der Waals surface area (Å²) in [6, 6.07) is -0.721. The Labute approximate surface area is 79.8 Å². The van der Waals surface area contributed by atoms with Crippen LogP contribution in [0.4, 0.5) is 5.95 Å². The second kappa shape index (κ2) is 4.04. The molecule has 0 aliphatic carbocycles. The van der Waals surface area contributed by atoms with Crippen LogP contribution < -0.4 is 5.32 Å². The molecule has 13 heavy (non-hydrogen) atoms. The number of carboxylic acids is 1. The van der Waals surface area contributed by atoms with Crippen molar-refractivity contribution >= 4 is 23.5 Å². The summed E-state index contributed by atoms with van der Waals surface area (Å²) in [4.78, 5) is 18.0. The minimum Gasteiger partial charge on any atom is -0.480 e. The number of nitrogens with one attached hydrogen (secondary N) is 1. The summed E-state index contributed by atoms with van der Waals surface area (Å²) in [7, 11) is 0. The predicted molar refractivity (Wildman–Crippen MR) is 47.8 cm³/mol. The van der Waals surface area contributed by atoms with E-state index < -0.39 is 12.0 Å². The fourth-order valence-corrected chi connectivity index (χ4v) is 0.740. The third-order valence-corrected chi connectivity index (χ3v) is 1.53. The SMILES string of the molecule is CC(Nc1ncc(Cl)cn1)C(=O)O. The van der Waals surface area contributed by atoms with Crippen molar-refractivity contribution in [2.24, 2.45) is 0 Å². The number of hydrogen-bond donors (Lipinski definition) is 2. The van der Waals surface area contributed by atoms with Crippen LogP contribution in [-0.4, -0.2) is 27.1 Å². The number of carbonyl (C=O) groups is 1. The maximum atomic E-state index is 10.4. The largest absolute Gasteiger partial charge is 0.480 e. The van der Waals surface area contributed by atoms with Gasteiger partial charge < -0.3 is 10.4 Å².